The molecule has 1 aromatic carbocycles. The van der Waals surface area contributed by atoms with Crippen LogP contribution in [0.5, 0.6) is 5.88 Å². The van der Waals surface area contributed by atoms with E-state index in [1.54, 1.807) is 13.3 Å². The molecule has 1 aliphatic carbocycles. The second kappa shape index (κ2) is 8.62. The Morgan fingerprint density at radius 2 is 2.12 bits per heavy atom. The zero-order valence-electron chi connectivity index (χ0n) is 14.5. The molecule has 1 aliphatic rings. The molecule has 0 saturated heterocycles. The maximum atomic E-state index is 12.4. The lowest BCUT2D eigenvalue weighted by molar-refractivity contribution is -0.121. The van der Waals surface area contributed by atoms with Crippen molar-refractivity contribution in [1.82, 2.24) is 10.3 Å². The molecule has 1 N–H and O–H groups in total. The van der Waals surface area contributed by atoms with E-state index in [9.17, 15) is 4.79 Å². The van der Waals surface area contributed by atoms with Crippen molar-refractivity contribution in [2.24, 2.45) is 0 Å². The Kier molecular flexibility index (Phi) is 6.01. The van der Waals surface area contributed by atoms with E-state index >= 15 is 0 Å². The fourth-order valence-corrected chi connectivity index (χ4v) is 3.26. The molecule has 5 nitrogen and oxygen atoms in total. The molecule has 1 unspecified atom stereocenters. The Morgan fingerprint density at radius 1 is 1.24 bits per heavy atom. The van der Waals surface area contributed by atoms with Crippen LogP contribution in [0.15, 0.2) is 42.6 Å². The number of hydrogen-bond donors (Lipinski definition) is 1. The van der Waals surface area contributed by atoms with E-state index < -0.39 is 0 Å². The highest BCUT2D eigenvalue weighted by atomic mass is 16.5. The molecule has 132 valence electrons. The topological polar surface area (TPSA) is 60.5 Å². The zero-order chi connectivity index (χ0) is 17.5. The summed E-state index contributed by atoms with van der Waals surface area (Å²) < 4.78 is 10.6. The van der Waals surface area contributed by atoms with Gasteiger partial charge in [-0.05, 0) is 36.0 Å². The van der Waals surface area contributed by atoms with Crippen LogP contribution < -0.4 is 10.1 Å². The number of aryl methyl sites for hydroxylation is 1. The molecule has 3 rings (SSSR count). The van der Waals surface area contributed by atoms with Gasteiger partial charge in [0.2, 0.25) is 11.8 Å². The maximum absolute atomic E-state index is 12.4. The molecule has 1 amide bonds. The number of nitrogens with zero attached hydrogens (tertiary/aromatic N) is 1. The van der Waals surface area contributed by atoms with E-state index in [0.717, 1.165) is 18.4 Å². The number of hydrogen-bond acceptors (Lipinski definition) is 4. The van der Waals surface area contributed by atoms with Crippen LogP contribution in [0.2, 0.25) is 0 Å². The molecule has 2 aromatic rings. The van der Waals surface area contributed by atoms with Crippen molar-refractivity contribution in [2.75, 3.05) is 20.3 Å². The molecular weight excluding hydrogens is 316 g/mol. The first kappa shape index (κ1) is 17.4. The Labute approximate surface area is 148 Å². The largest absolute Gasteiger partial charge is 0.475 e. The van der Waals surface area contributed by atoms with Crippen LogP contribution in [0.1, 0.15) is 35.4 Å². The SMILES string of the molecule is COCCOc1ncccc1CNC(=O)CC1CCc2ccccc21. The van der Waals surface area contributed by atoms with Gasteiger partial charge < -0.3 is 14.8 Å². The van der Waals surface area contributed by atoms with Crippen molar-refractivity contribution >= 4 is 5.91 Å². The summed E-state index contributed by atoms with van der Waals surface area (Å²) in [4.78, 5) is 16.6. The minimum Gasteiger partial charge on any atom is -0.475 e. The third-order valence-corrected chi connectivity index (χ3v) is 4.54. The predicted octanol–water partition coefficient (Wildman–Crippen LogP) is 2.84. The third kappa shape index (κ3) is 4.57. The number of amides is 1. The summed E-state index contributed by atoms with van der Waals surface area (Å²) in [5.41, 5.74) is 3.57. The average molecular weight is 340 g/mol. The van der Waals surface area contributed by atoms with Crippen molar-refractivity contribution in [1.29, 1.82) is 0 Å². The number of benzene rings is 1. The van der Waals surface area contributed by atoms with Gasteiger partial charge in [0.1, 0.15) is 6.61 Å². The van der Waals surface area contributed by atoms with Gasteiger partial charge in [-0.2, -0.15) is 0 Å². The smallest absolute Gasteiger partial charge is 0.220 e. The normalized spacial score (nSPS) is 15.6. The van der Waals surface area contributed by atoms with E-state index in [4.69, 9.17) is 9.47 Å². The van der Waals surface area contributed by atoms with Gasteiger partial charge in [0.25, 0.3) is 0 Å². The molecule has 5 heteroatoms. The van der Waals surface area contributed by atoms with Gasteiger partial charge in [0.15, 0.2) is 0 Å². The van der Waals surface area contributed by atoms with Crippen LogP contribution in [0.25, 0.3) is 0 Å². The Bertz CT molecular complexity index is 718. The summed E-state index contributed by atoms with van der Waals surface area (Å²) >= 11 is 0. The molecule has 0 aliphatic heterocycles. The first-order valence-electron chi connectivity index (χ1n) is 8.68. The van der Waals surface area contributed by atoms with Crippen molar-refractivity contribution < 1.29 is 14.3 Å². The van der Waals surface area contributed by atoms with E-state index in [-0.39, 0.29) is 5.91 Å². The standard InChI is InChI=1S/C20H24N2O3/c1-24-11-12-25-20-17(6-4-10-21-20)14-22-19(23)13-16-9-8-15-5-2-3-7-18(15)16/h2-7,10,16H,8-9,11-14H2,1H3,(H,22,23). The number of carbonyl (C=O) groups excluding carboxylic acids is 1. The van der Waals surface area contributed by atoms with E-state index in [0.29, 0.717) is 38.0 Å². The number of pyridine rings is 1. The molecule has 0 saturated carbocycles. The van der Waals surface area contributed by atoms with Gasteiger partial charge >= 0.3 is 0 Å². The Morgan fingerprint density at radius 3 is 3.00 bits per heavy atom. The molecule has 1 aromatic heterocycles. The van der Waals surface area contributed by atoms with Gasteiger partial charge in [0.05, 0.1) is 6.61 Å². The number of carbonyl (C=O) groups is 1. The number of ether oxygens (including phenoxy) is 2. The fraction of sp³-hybridized carbons (Fsp3) is 0.400. The van der Waals surface area contributed by atoms with E-state index in [1.165, 1.54) is 11.1 Å². The molecule has 25 heavy (non-hydrogen) atoms. The van der Waals surface area contributed by atoms with Gasteiger partial charge in [0, 0.05) is 31.8 Å². The lowest BCUT2D eigenvalue weighted by atomic mass is 9.97. The summed E-state index contributed by atoms with van der Waals surface area (Å²) in [5.74, 6) is 0.932. The quantitative estimate of drug-likeness (QED) is 0.751. The average Bonchev–Trinajstić information content (AvgIpc) is 3.04. The highest BCUT2D eigenvalue weighted by Gasteiger charge is 2.24. The minimum atomic E-state index is 0.0633. The number of fused-ring (bicyclic) bond motifs is 1. The van der Waals surface area contributed by atoms with Crippen LogP contribution in [0.4, 0.5) is 0 Å². The molecule has 1 heterocycles. The van der Waals surface area contributed by atoms with Crippen molar-refractivity contribution in [3.8, 4) is 5.88 Å². The predicted molar refractivity (Wildman–Crippen MR) is 95.6 cm³/mol. The van der Waals surface area contributed by atoms with E-state index in [1.807, 2.05) is 18.2 Å². The summed E-state index contributed by atoms with van der Waals surface area (Å²) in [5, 5.41) is 3.00. The van der Waals surface area contributed by atoms with Crippen molar-refractivity contribution in [3.63, 3.8) is 0 Å². The van der Waals surface area contributed by atoms with Crippen LogP contribution in [0.3, 0.4) is 0 Å². The lowest BCUT2D eigenvalue weighted by Crippen LogP contribution is -2.24. The second-order valence-corrected chi connectivity index (χ2v) is 6.22. The second-order valence-electron chi connectivity index (χ2n) is 6.22. The zero-order valence-corrected chi connectivity index (χ0v) is 14.5. The third-order valence-electron chi connectivity index (χ3n) is 4.54. The lowest BCUT2D eigenvalue weighted by Gasteiger charge is -2.13. The molecule has 0 spiro atoms. The first-order chi connectivity index (χ1) is 12.3. The number of rotatable bonds is 8. The summed E-state index contributed by atoms with van der Waals surface area (Å²) in [6.45, 7) is 1.36. The Balaban J connectivity index is 1.53. The highest BCUT2D eigenvalue weighted by molar-refractivity contribution is 5.77. The highest BCUT2D eigenvalue weighted by Crippen LogP contribution is 2.35. The van der Waals surface area contributed by atoms with Crippen molar-refractivity contribution in [3.05, 3.63) is 59.3 Å². The first-order valence-corrected chi connectivity index (χ1v) is 8.68. The monoisotopic (exact) mass is 340 g/mol. The minimum absolute atomic E-state index is 0.0633. The van der Waals surface area contributed by atoms with Crippen LogP contribution >= 0.6 is 0 Å². The van der Waals surface area contributed by atoms with Crippen LogP contribution in [-0.2, 0) is 22.5 Å². The maximum Gasteiger partial charge on any atom is 0.220 e. The number of methoxy groups -OCH3 is 1. The summed E-state index contributed by atoms with van der Waals surface area (Å²) in [6, 6.07) is 12.2. The van der Waals surface area contributed by atoms with Crippen LogP contribution in [0, 0.1) is 0 Å². The number of aromatic nitrogens is 1. The van der Waals surface area contributed by atoms with Gasteiger partial charge in [-0.15, -0.1) is 0 Å². The van der Waals surface area contributed by atoms with Gasteiger partial charge in [-0.3, -0.25) is 4.79 Å². The van der Waals surface area contributed by atoms with Crippen molar-refractivity contribution in [2.45, 2.75) is 31.7 Å². The molecule has 0 radical (unpaired) electrons. The van der Waals surface area contributed by atoms with Gasteiger partial charge in [-0.1, -0.05) is 30.3 Å². The molecule has 0 bridgehead atoms. The Hall–Kier alpha value is -2.40. The number of nitrogens with one attached hydrogen (secondary N) is 1. The molecule has 0 fully saturated rings. The fourth-order valence-electron chi connectivity index (χ4n) is 3.26. The molecule has 1 atom stereocenters. The summed E-state index contributed by atoms with van der Waals surface area (Å²) in [6.07, 6.45) is 4.32. The summed E-state index contributed by atoms with van der Waals surface area (Å²) in [7, 11) is 1.63. The van der Waals surface area contributed by atoms with E-state index in [2.05, 4.69) is 28.5 Å². The molecular formula is C20H24N2O3. The van der Waals surface area contributed by atoms with Gasteiger partial charge in [-0.25, -0.2) is 4.98 Å². The van der Waals surface area contributed by atoms with Crippen LogP contribution in [-0.4, -0.2) is 31.2 Å².